The number of nitrogens with zero attached hydrogens (tertiary/aromatic N) is 3. The third-order valence-corrected chi connectivity index (χ3v) is 1.89. The summed E-state index contributed by atoms with van der Waals surface area (Å²) in [5.41, 5.74) is 0.758. The third-order valence-electron chi connectivity index (χ3n) is 1.89. The van der Waals surface area contributed by atoms with Crippen molar-refractivity contribution in [2.75, 3.05) is 0 Å². The first-order chi connectivity index (χ1) is 6.93. The average molecular weight is 187 g/mol. The molecule has 5 nitrogen and oxygen atoms in total. The summed E-state index contributed by atoms with van der Waals surface area (Å²) in [5.74, 6) is 0.937. The normalized spacial score (nSPS) is 10.9. The number of rotatable bonds is 1. The Labute approximate surface area is 78.4 Å². The van der Waals surface area contributed by atoms with E-state index in [1.54, 1.807) is 18.5 Å². The molecule has 3 heterocycles. The SMILES string of the molecule is c1cc2oc(-c3ncno3)cc2cn1. The summed E-state index contributed by atoms with van der Waals surface area (Å²) in [7, 11) is 0. The van der Waals surface area contributed by atoms with Crippen molar-refractivity contribution in [2.45, 2.75) is 0 Å². The highest BCUT2D eigenvalue weighted by atomic mass is 16.5. The van der Waals surface area contributed by atoms with Gasteiger partial charge in [0.1, 0.15) is 5.58 Å². The predicted octanol–water partition coefficient (Wildman–Crippen LogP) is 1.88. The predicted molar refractivity (Wildman–Crippen MR) is 47.3 cm³/mol. The van der Waals surface area contributed by atoms with Gasteiger partial charge in [-0.1, -0.05) is 5.16 Å². The molecule has 3 aromatic heterocycles. The molecule has 0 bridgehead atoms. The monoisotopic (exact) mass is 187 g/mol. The van der Waals surface area contributed by atoms with Gasteiger partial charge in [0, 0.05) is 17.8 Å². The number of furan rings is 1. The van der Waals surface area contributed by atoms with Gasteiger partial charge in [-0.05, 0) is 12.1 Å². The van der Waals surface area contributed by atoms with Crippen LogP contribution in [-0.2, 0) is 0 Å². The Morgan fingerprint density at radius 3 is 3.07 bits per heavy atom. The first-order valence-corrected chi connectivity index (χ1v) is 4.04. The van der Waals surface area contributed by atoms with Crippen LogP contribution in [-0.4, -0.2) is 15.1 Å². The van der Waals surface area contributed by atoms with E-state index in [1.807, 2.05) is 6.07 Å². The van der Waals surface area contributed by atoms with Crippen LogP contribution < -0.4 is 0 Å². The van der Waals surface area contributed by atoms with Crippen molar-refractivity contribution in [3.05, 3.63) is 30.9 Å². The summed E-state index contributed by atoms with van der Waals surface area (Å²) in [6, 6.07) is 3.60. The number of hydrogen-bond donors (Lipinski definition) is 0. The summed E-state index contributed by atoms with van der Waals surface area (Å²) < 4.78 is 10.3. The van der Waals surface area contributed by atoms with Gasteiger partial charge in [-0.3, -0.25) is 4.98 Å². The number of hydrogen-bond acceptors (Lipinski definition) is 5. The van der Waals surface area contributed by atoms with Gasteiger partial charge >= 0.3 is 0 Å². The highest BCUT2D eigenvalue weighted by Crippen LogP contribution is 2.24. The van der Waals surface area contributed by atoms with Crippen LogP contribution in [0.1, 0.15) is 0 Å². The van der Waals surface area contributed by atoms with Crippen molar-refractivity contribution in [3.63, 3.8) is 0 Å². The molecule has 3 aromatic rings. The summed E-state index contributed by atoms with van der Waals surface area (Å²) in [4.78, 5) is 7.87. The number of pyridine rings is 1. The smallest absolute Gasteiger partial charge is 0.293 e. The largest absolute Gasteiger partial charge is 0.451 e. The first kappa shape index (κ1) is 7.25. The fraction of sp³-hybridized carbons (Fsp3) is 0. The molecule has 0 N–H and O–H groups in total. The van der Waals surface area contributed by atoms with Gasteiger partial charge in [0.15, 0.2) is 12.1 Å². The van der Waals surface area contributed by atoms with E-state index in [0.717, 1.165) is 11.0 Å². The molecule has 14 heavy (non-hydrogen) atoms. The van der Waals surface area contributed by atoms with Crippen LogP contribution in [0.4, 0.5) is 0 Å². The fourth-order valence-electron chi connectivity index (χ4n) is 1.27. The second-order valence-corrected chi connectivity index (χ2v) is 2.77. The van der Waals surface area contributed by atoms with Gasteiger partial charge < -0.3 is 8.94 Å². The molecule has 0 spiro atoms. The highest BCUT2D eigenvalue weighted by molar-refractivity contribution is 5.80. The Hall–Kier alpha value is -2.17. The summed E-state index contributed by atoms with van der Waals surface area (Å²) in [6.45, 7) is 0. The van der Waals surface area contributed by atoms with Gasteiger partial charge in [-0.25, -0.2) is 0 Å². The minimum absolute atomic E-state index is 0.376. The van der Waals surface area contributed by atoms with E-state index in [9.17, 15) is 0 Å². The minimum atomic E-state index is 0.376. The van der Waals surface area contributed by atoms with Crippen molar-refractivity contribution in [1.82, 2.24) is 15.1 Å². The van der Waals surface area contributed by atoms with Gasteiger partial charge in [-0.2, -0.15) is 4.98 Å². The van der Waals surface area contributed by atoms with Gasteiger partial charge in [0.25, 0.3) is 5.89 Å². The Morgan fingerprint density at radius 2 is 2.29 bits per heavy atom. The fourth-order valence-corrected chi connectivity index (χ4v) is 1.27. The zero-order valence-electron chi connectivity index (χ0n) is 7.04. The lowest BCUT2D eigenvalue weighted by molar-refractivity contribution is 0.418. The van der Waals surface area contributed by atoms with E-state index in [1.165, 1.54) is 6.33 Å². The number of aromatic nitrogens is 3. The highest BCUT2D eigenvalue weighted by Gasteiger charge is 2.09. The van der Waals surface area contributed by atoms with Crippen molar-refractivity contribution in [1.29, 1.82) is 0 Å². The minimum Gasteiger partial charge on any atom is -0.451 e. The second-order valence-electron chi connectivity index (χ2n) is 2.77. The van der Waals surface area contributed by atoms with Crippen molar-refractivity contribution in [3.8, 4) is 11.7 Å². The quantitative estimate of drug-likeness (QED) is 0.581. The lowest BCUT2D eigenvalue weighted by Crippen LogP contribution is -1.68. The third kappa shape index (κ3) is 0.990. The first-order valence-electron chi connectivity index (χ1n) is 4.04. The molecular weight excluding hydrogens is 182 g/mol. The zero-order valence-corrected chi connectivity index (χ0v) is 7.04. The van der Waals surface area contributed by atoms with E-state index in [2.05, 4.69) is 15.1 Å². The average Bonchev–Trinajstić information content (AvgIpc) is 2.86. The molecule has 0 radical (unpaired) electrons. The molecule has 68 valence electrons. The van der Waals surface area contributed by atoms with E-state index in [0.29, 0.717) is 11.7 Å². The topological polar surface area (TPSA) is 65.0 Å². The van der Waals surface area contributed by atoms with E-state index >= 15 is 0 Å². The van der Waals surface area contributed by atoms with Crippen LogP contribution in [0.3, 0.4) is 0 Å². The lowest BCUT2D eigenvalue weighted by atomic mass is 10.3. The lowest BCUT2D eigenvalue weighted by Gasteiger charge is -1.83. The van der Waals surface area contributed by atoms with Gasteiger partial charge in [0.2, 0.25) is 0 Å². The second kappa shape index (κ2) is 2.66. The van der Waals surface area contributed by atoms with Gasteiger partial charge in [-0.15, -0.1) is 0 Å². The molecule has 0 atom stereocenters. The number of fused-ring (bicyclic) bond motifs is 1. The Morgan fingerprint density at radius 1 is 1.29 bits per heavy atom. The van der Waals surface area contributed by atoms with Crippen LogP contribution in [0.15, 0.2) is 39.8 Å². The molecule has 0 aliphatic carbocycles. The maximum absolute atomic E-state index is 5.48. The zero-order chi connectivity index (χ0) is 9.38. The Bertz CT molecular complexity index is 523. The summed E-state index contributed by atoms with van der Waals surface area (Å²) in [6.07, 6.45) is 4.73. The maximum atomic E-state index is 5.48. The molecule has 5 heteroatoms. The van der Waals surface area contributed by atoms with E-state index in [4.69, 9.17) is 8.94 Å². The molecule has 0 saturated carbocycles. The standard InChI is InChI=1S/C9H5N3O2/c1-2-10-4-6-3-8(13-7(1)6)9-11-5-12-14-9/h1-5H. The van der Waals surface area contributed by atoms with Gasteiger partial charge in [0.05, 0.1) is 0 Å². The van der Waals surface area contributed by atoms with Crippen molar-refractivity contribution in [2.24, 2.45) is 0 Å². The molecule has 0 saturated heterocycles. The van der Waals surface area contributed by atoms with E-state index in [-0.39, 0.29) is 0 Å². The van der Waals surface area contributed by atoms with E-state index < -0.39 is 0 Å². The van der Waals surface area contributed by atoms with Crippen LogP contribution in [0.2, 0.25) is 0 Å². The Balaban J connectivity index is 2.24. The van der Waals surface area contributed by atoms with Crippen LogP contribution in [0.25, 0.3) is 22.6 Å². The van der Waals surface area contributed by atoms with Crippen LogP contribution in [0.5, 0.6) is 0 Å². The molecule has 0 aliphatic rings. The summed E-state index contributed by atoms with van der Waals surface area (Å²) >= 11 is 0. The molecule has 0 fully saturated rings. The van der Waals surface area contributed by atoms with Crippen LogP contribution in [0, 0.1) is 0 Å². The maximum Gasteiger partial charge on any atom is 0.293 e. The Kier molecular flexibility index (Phi) is 1.38. The van der Waals surface area contributed by atoms with Crippen molar-refractivity contribution >= 4 is 11.0 Å². The van der Waals surface area contributed by atoms with Crippen LogP contribution >= 0.6 is 0 Å². The molecule has 0 unspecified atom stereocenters. The molecular formula is C9H5N3O2. The molecule has 0 aromatic carbocycles. The molecule has 0 amide bonds. The molecule has 3 rings (SSSR count). The molecule has 0 aliphatic heterocycles. The van der Waals surface area contributed by atoms with Crippen molar-refractivity contribution < 1.29 is 8.94 Å². The summed E-state index contributed by atoms with van der Waals surface area (Å²) in [5, 5.41) is 4.42.